The van der Waals surface area contributed by atoms with Crippen molar-refractivity contribution in [2.75, 3.05) is 76.6 Å². The van der Waals surface area contributed by atoms with Crippen LogP contribution >= 0.6 is 23.2 Å². The predicted octanol–water partition coefficient (Wildman–Crippen LogP) is 5.30. The van der Waals surface area contributed by atoms with Gasteiger partial charge in [0.25, 0.3) is 0 Å². The number of nitrogens with one attached hydrogen (secondary N) is 2. The number of hydrogen-bond acceptors (Lipinski definition) is 7. The summed E-state index contributed by atoms with van der Waals surface area (Å²) in [5, 5.41) is 6.22. The Morgan fingerprint density at radius 1 is 1.08 bits per heavy atom. The zero-order valence-corrected chi connectivity index (χ0v) is 24.4. The SMILES string of the molecule is C=NC(=CC(=NC)Nc1ccc(N2CCN(CC)CC2)cc1)N(C)C(=O)Nc1c(Cl)c(OC)cc(OC)c1Cl. The van der Waals surface area contributed by atoms with Gasteiger partial charge >= 0.3 is 6.03 Å². The number of ether oxygens (including phenoxy) is 2. The van der Waals surface area contributed by atoms with Crippen molar-refractivity contribution in [2.24, 2.45) is 9.98 Å². The molecule has 10 nitrogen and oxygen atoms in total. The number of anilines is 3. The maximum atomic E-state index is 13.1. The van der Waals surface area contributed by atoms with E-state index in [0.29, 0.717) is 17.3 Å². The van der Waals surface area contributed by atoms with Crippen molar-refractivity contribution < 1.29 is 14.3 Å². The molecule has 3 rings (SSSR count). The third-order valence-electron chi connectivity index (χ3n) is 6.45. The number of hydrogen-bond donors (Lipinski definition) is 2. The van der Waals surface area contributed by atoms with Crippen LogP contribution in [0, 0.1) is 0 Å². The second-order valence-electron chi connectivity index (χ2n) is 8.64. The summed E-state index contributed by atoms with van der Waals surface area (Å²) in [7, 11) is 6.08. The van der Waals surface area contributed by atoms with E-state index in [1.54, 1.807) is 13.1 Å². The molecule has 2 amide bonds. The lowest BCUT2D eigenvalue weighted by Gasteiger charge is -2.35. The monoisotopic (exact) mass is 575 g/mol. The van der Waals surface area contributed by atoms with Crippen LogP contribution in [0.15, 0.2) is 52.2 Å². The molecule has 39 heavy (non-hydrogen) atoms. The molecule has 0 bridgehead atoms. The molecular formula is C27H35Cl2N7O3. The summed E-state index contributed by atoms with van der Waals surface area (Å²) in [6.45, 7) is 11.0. The van der Waals surface area contributed by atoms with Crippen LogP contribution in [0.5, 0.6) is 11.5 Å². The van der Waals surface area contributed by atoms with Crippen molar-refractivity contribution in [3.63, 3.8) is 0 Å². The zero-order chi connectivity index (χ0) is 28.5. The number of nitrogens with zero attached hydrogens (tertiary/aromatic N) is 5. The van der Waals surface area contributed by atoms with E-state index >= 15 is 0 Å². The number of likely N-dealkylation sites (N-methyl/N-ethyl adjacent to an activating group) is 1. The van der Waals surface area contributed by atoms with E-state index in [9.17, 15) is 4.79 Å². The van der Waals surface area contributed by atoms with Crippen molar-refractivity contribution in [1.29, 1.82) is 0 Å². The number of piperazine rings is 1. The lowest BCUT2D eigenvalue weighted by Crippen LogP contribution is -2.46. The molecule has 0 aromatic heterocycles. The lowest BCUT2D eigenvalue weighted by atomic mass is 10.2. The maximum absolute atomic E-state index is 13.1. The first-order valence-electron chi connectivity index (χ1n) is 12.4. The molecule has 2 N–H and O–H groups in total. The van der Waals surface area contributed by atoms with Crippen LogP contribution in [-0.4, -0.2) is 89.4 Å². The third kappa shape index (κ3) is 7.35. The highest BCUT2D eigenvalue weighted by Gasteiger charge is 2.22. The number of rotatable bonds is 9. The molecule has 0 spiro atoms. The maximum Gasteiger partial charge on any atom is 0.327 e. The fraction of sp³-hybridized carbons (Fsp3) is 0.370. The van der Waals surface area contributed by atoms with Crippen LogP contribution in [0.25, 0.3) is 0 Å². The molecule has 1 aliphatic rings. The summed E-state index contributed by atoms with van der Waals surface area (Å²) in [6.07, 6.45) is 1.61. The van der Waals surface area contributed by atoms with Crippen LogP contribution in [0.3, 0.4) is 0 Å². The molecule has 1 saturated heterocycles. The largest absolute Gasteiger partial charge is 0.495 e. The Balaban J connectivity index is 1.71. The van der Waals surface area contributed by atoms with Gasteiger partial charge in [-0.25, -0.2) is 9.79 Å². The number of methoxy groups -OCH3 is 2. The number of urea groups is 1. The average molecular weight is 577 g/mol. The lowest BCUT2D eigenvalue weighted by molar-refractivity contribution is 0.232. The molecule has 0 aliphatic carbocycles. The summed E-state index contributed by atoms with van der Waals surface area (Å²) in [5.74, 6) is 1.33. The van der Waals surface area contributed by atoms with Gasteiger partial charge in [0.2, 0.25) is 0 Å². The van der Waals surface area contributed by atoms with Gasteiger partial charge in [0.05, 0.1) is 19.9 Å². The summed E-state index contributed by atoms with van der Waals surface area (Å²) in [4.78, 5) is 27.5. The fourth-order valence-electron chi connectivity index (χ4n) is 4.04. The Labute approximate surface area is 239 Å². The minimum absolute atomic E-state index is 0.135. The number of amides is 2. The van der Waals surface area contributed by atoms with Gasteiger partial charge in [0, 0.05) is 63.8 Å². The Hall–Kier alpha value is -3.47. The topological polar surface area (TPSA) is 94.0 Å². The van der Waals surface area contributed by atoms with E-state index < -0.39 is 6.03 Å². The third-order valence-corrected chi connectivity index (χ3v) is 7.20. The standard InChI is InChI=1S/C27H35Cl2N7O3/c1-7-35-12-14-36(15-13-35)19-10-8-18(9-11-19)32-22(30-2)17-23(31-3)34(4)27(37)33-26-24(28)20(38-5)16-21(39-6)25(26)29/h8-11,16-17H,3,7,12-15H2,1-2,4-6H3,(H,30,32)(H,33,37). The normalized spacial score (nSPS) is 14.6. The number of benzene rings is 2. The van der Waals surface area contributed by atoms with Crippen LogP contribution in [0.2, 0.25) is 10.0 Å². The van der Waals surface area contributed by atoms with E-state index in [4.69, 9.17) is 32.7 Å². The van der Waals surface area contributed by atoms with Crippen LogP contribution in [0.4, 0.5) is 21.9 Å². The van der Waals surface area contributed by atoms with E-state index in [1.807, 2.05) is 12.1 Å². The summed E-state index contributed by atoms with van der Waals surface area (Å²) in [6, 6.07) is 9.15. The van der Waals surface area contributed by atoms with Gasteiger partial charge < -0.3 is 29.9 Å². The van der Waals surface area contributed by atoms with Crippen LogP contribution in [-0.2, 0) is 0 Å². The van der Waals surface area contributed by atoms with Gasteiger partial charge in [-0.1, -0.05) is 30.1 Å². The first-order valence-corrected chi connectivity index (χ1v) is 13.2. The van der Waals surface area contributed by atoms with E-state index in [2.05, 4.69) is 56.2 Å². The second kappa shape index (κ2) is 14.1. The minimum atomic E-state index is -0.560. The summed E-state index contributed by atoms with van der Waals surface area (Å²) in [5.41, 5.74) is 2.17. The highest BCUT2D eigenvalue weighted by atomic mass is 35.5. The molecule has 1 fully saturated rings. The molecule has 0 radical (unpaired) electrons. The van der Waals surface area contributed by atoms with Gasteiger partial charge in [-0.15, -0.1) is 0 Å². The first kappa shape index (κ1) is 30.1. The molecule has 1 aliphatic heterocycles. The summed E-state index contributed by atoms with van der Waals surface area (Å²) < 4.78 is 10.5. The Morgan fingerprint density at radius 3 is 2.15 bits per heavy atom. The molecule has 2 aromatic rings. The molecule has 0 saturated carbocycles. The first-order chi connectivity index (χ1) is 18.8. The number of aliphatic imine (C=N–C) groups is 2. The summed E-state index contributed by atoms with van der Waals surface area (Å²) >= 11 is 12.8. The molecule has 1 heterocycles. The Bertz CT molecular complexity index is 1200. The number of amidine groups is 1. The predicted molar refractivity (Wildman–Crippen MR) is 162 cm³/mol. The van der Waals surface area contributed by atoms with Gasteiger partial charge in [0.15, 0.2) is 0 Å². The zero-order valence-electron chi connectivity index (χ0n) is 22.9. The van der Waals surface area contributed by atoms with Crippen LogP contribution < -0.4 is 25.0 Å². The number of carbonyl (C=O) groups is 1. The minimum Gasteiger partial charge on any atom is -0.495 e. The van der Waals surface area contributed by atoms with E-state index in [1.165, 1.54) is 37.9 Å². The van der Waals surface area contributed by atoms with Crippen molar-refractivity contribution >= 4 is 58.8 Å². The smallest absolute Gasteiger partial charge is 0.327 e. The van der Waals surface area contributed by atoms with Crippen molar-refractivity contribution in [1.82, 2.24) is 9.80 Å². The molecular weight excluding hydrogens is 541 g/mol. The van der Waals surface area contributed by atoms with Gasteiger partial charge in [-0.05, 0) is 37.5 Å². The molecule has 12 heteroatoms. The van der Waals surface area contributed by atoms with Crippen molar-refractivity contribution in [2.45, 2.75) is 6.92 Å². The van der Waals surface area contributed by atoms with E-state index in [0.717, 1.165) is 38.4 Å². The highest BCUT2D eigenvalue weighted by molar-refractivity contribution is 6.41. The fourth-order valence-corrected chi connectivity index (χ4v) is 4.64. The Morgan fingerprint density at radius 2 is 1.67 bits per heavy atom. The van der Waals surface area contributed by atoms with Crippen molar-refractivity contribution in [3.8, 4) is 11.5 Å². The molecule has 0 atom stereocenters. The second-order valence-corrected chi connectivity index (χ2v) is 9.39. The molecule has 2 aromatic carbocycles. The number of carbonyl (C=O) groups excluding carboxylic acids is 1. The van der Waals surface area contributed by atoms with Gasteiger partial charge in [0.1, 0.15) is 33.2 Å². The quantitative estimate of drug-likeness (QED) is 0.311. The molecule has 210 valence electrons. The van der Waals surface area contributed by atoms with Crippen molar-refractivity contribution in [3.05, 3.63) is 52.3 Å². The van der Waals surface area contributed by atoms with Gasteiger partial charge in [-0.2, -0.15) is 0 Å². The van der Waals surface area contributed by atoms with Crippen LogP contribution in [0.1, 0.15) is 6.92 Å². The van der Waals surface area contributed by atoms with E-state index in [-0.39, 0.29) is 21.6 Å². The Kier molecular flexibility index (Phi) is 10.8. The highest BCUT2D eigenvalue weighted by Crippen LogP contribution is 2.44. The van der Waals surface area contributed by atoms with Gasteiger partial charge in [-0.3, -0.25) is 9.89 Å². The average Bonchev–Trinajstić information content (AvgIpc) is 2.97. The number of halogens is 2. The molecule has 0 unspecified atom stereocenters.